The standard InChI is InChI=1S/C12H11ClFN5O2/c13-7-1-2-8(9(14)5-7)12(20)19-3-4-21-6-10(19)11-15-17-18-16-11/h1-2,5,10H,3-4,6H2,(H,15,16,17,18)/t10-/m1/s1. The highest BCUT2D eigenvalue weighted by Gasteiger charge is 2.33. The number of amides is 1. The lowest BCUT2D eigenvalue weighted by Gasteiger charge is -2.33. The maximum Gasteiger partial charge on any atom is 0.257 e. The zero-order valence-electron chi connectivity index (χ0n) is 10.8. The van der Waals surface area contributed by atoms with Gasteiger partial charge in [0.15, 0.2) is 5.82 Å². The zero-order valence-corrected chi connectivity index (χ0v) is 11.5. The molecule has 0 aliphatic carbocycles. The SMILES string of the molecule is O=C(c1ccc(Cl)cc1F)N1CCOC[C@@H]1c1nn[nH]n1. The summed E-state index contributed by atoms with van der Waals surface area (Å²) in [5.41, 5.74) is -0.0465. The van der Waals surface area contributed by atoms with Crippen molar-refractivity contribution in [3.63, 3.8) is 0 Å². The van der Waals surface area contributed by atoms with Crippen LogP contribution in [0.3, 0.4) is 0 Å². The maximum absolute atomic E-state index is 13.9. The van der Waals surface area contributed by atoms with Crippen LogP contribution in [0.15, 0.2) is 18.2 Å². The number of morpholine rings is 1. The Kier molecular flexibility index (Phi) is 3.80. The third kappa shape index (κ3) is 2.72. The average molecular weight is 312 g/mol. The minimum Gasteiger partial charge on any atom is -0.377 e. The number of nitrogens with zero attached hydrogens (tertiary/aromatic N) is 4. The number of hydrogen-bond acceptors (Lipinski definition) is 5. The number of hydrogen-bond donors (Lipinski definition) is 1. The minimum atomic E-state index is -0.661. The van der Waals surface area contributed by atoms with E-state index in [4.69, 9.17) is 16.3 Å². The summed E-state index contributed by atoms with van der Waals surface area (Å²) in [5, 5.41) is 13.8. The van der Waals surface area contributed by atoms with E-state index in [1.807, 2.05) is 0 Å². The van der Waals surface area contributed by atoms with Crippen molar-refractivity contribution in [1.29, 1.82) is 0 Å². The van der Waals surface area contributed by atoms with Gasteiger partial charge in [-0.1, -0.05) is 16.8 Å². The monoisotopic (exact) mass is 311 g/mol. The molecule has 2 aromatic rings. The fraction of sp³-hybridized carbons (Fsp3) is 0.333. The topological polar surface area (TPSA) is 84.0 Å². The van der Waals surface area contributed by atoms with Gasteiger partial charge in [-0.3, -0.25) is 4.79 Å². The summed E-state index contributed by atoms with van der Waals surface area (Å²) in [4.78, 5) is 14.0. The van der Waals surface area contributed by atoms with Crippen LogP contribution in [0.5, 0.6) is 0 Å². The van der Waals surface area contributed by atoms with E-state index in [-0.39, 0.29) is 17.2 Å². The van der Waals surface area contributed by atoms with E-state index in [1.165, 1.54) is 17.0 Å². The van der Waals surface area contributed by atoms with E-state index >= 15 is 0 Å². The minimum absolute atomic E-state index is 0.0465. The Morgan fingerprint density at radius 2 is 2.38 bits per heavy atom. The van der Waals surface area contributed by atoms with Crippen LogP contribution >= 0.6 is 11.6 Å². The molecule has 1 fully saturated rings. The molecule has 1 saturated heterocycles. The predicted octanol–water partition coefficient (Wildman–Crippen LogP) is 1.21. The molecule has 1 aromatic heterocycles. The van der Waals surface area contributed by atoms with Crippen molar-refractivity contribution in [2.45, 2.75) is 6.04 Å². The molecular weight excluding hydrogens is 301 g/mol. The smallest absolute Gasteiger partial charge is 0.257 e. The number of ether oxygens (including phenoxy) is 1. The molecule has 0 unspecified atom stereocenters. The van der Waals surface area contributed by atoms with Crippen molar-refractivity contribution in [2.24, 2.45) is 0 Å². The summed E-state index contributed by atoms with van der Waals surface area (Å²) in [6.45, 7) is 0.926. The number of tetrazole rings is 1. The number of carbonyl (C=O) groups excluding carboxylic acids is 1. The van der Waals surface area contributed by atoms with Gasteiger partial charge in [-0.05, 0) is 18.2 Å². The quantitative estimate of drug-likeness (QED) is 0.901. The molecule has 1 aliphatic rings. The van der Waals surface area contributed by atoms with Crippen molar-refractivity contribution in [1.82, 2.24) is 25.5 Å². The number of aromatic nitrogens is 4. The van der Waals surface area contributed by atoms with E-state index in [0.29, 0.717) is 19.0 Å². The third-order valence-electron chi connectivity index (χ3n) is 3.21. The molecule has 0 radical (unpaired) electrons. The lowest BCUT2D eigenvalue weighted by molar-refractivity contribution is -0.00544. The van der Waals surface area contributed by atoms with Crippen molar-refractivity contribution in [2.75, 3.05) is 19.8 Å². The Bertz CT molecular complexity index is 651. The lowest BCUT2D eigenvalue weighted by atomic mass is 10.1. The number of aromatic amines is 1. The van der Waals surface area contributed by atoms with Gasteiger partial charge in [0, 0.05) is 11.6 Å². The molecule has 7 nitrogen and oxygen atoms in total. The maximum atomic E-state index is 13.9. The Labute approximate surface area is 124 Å². The second kappa shape index (κ2) is 5.74. The summed E-state index contributed by atoms with van der Waals surface area (Å²) < 4.78 is 19.3. The number of rotatable bonds is 2. The first-order valence-electron chi connectivity index (χ1n) is 6.24. The van der Waals surface area contributed by atoms with Gasteiger partial charge >= 0.3 is 0 Å². The van der Waals surface area contributed by atoms with Gasteiger partial charge in [0.1, 0.15) is 11.9 Å². The van der Waals surface area contributed by atoms with Gasteiger partial charge in [0.2, 0.25) is 0 Å². The first-order chi connectivity index (χ1) is 10.2. The number of benzene rings is 1. The highest BCUT2D eigenvalue weighted by atomic mass is 35.5. The number of halogens is 2. The van der Waals surface area contributed by atoms with Gasteiger partial charge < -0.3 is 9.64 Å². The van der Waals surface area contributed by atoms with Crippen molar-refractivity contribution < 1.29 is 13.9 Å². The van der Waals surface area contributed by atoms with E-state index in [2.05, 4.69) is 20.6 Å². The molecule has 110 valence electrons. The van der Waals surface area contributed by atoms with Crippen LogP contribution < -0.4 is 0 Å². The normalized spacial score (nSPS) is 18.8. The molecule has 1 aromatic carbocycles. The molecule has 9 heteroatoms. The molecule has 0 spiro atoms. The molecule has 1 N–H and O–H groups in total. The van der Waals surface area contributed by atoms with Gasteiger partial charge in [0.05, 0.1) is 18.8 Å². The van der Waals surface area contributed by atoms with E-state index in [1.54, 1.807) is 0 Å². The van der Waals surface area contributed by atoms with Gasteiger partial charge in [-0.2, -0.15) is 5.21 Å². The summed E-state index contributed by atoms with van der Waals surface area (Å²) >= 11 is 5.70. The molecule has 2 heterocycles. The Hall–Kier alpha value is -2.06. The molecule has 3 rings (SSSR count). The van der Waals surface area contributed by atoms with Gasteiger partial charge in [0.25, 0.3) is 5.91 Å². The van der Waals surface area contributed by atoms with Crippen LogP contribution in [-0.4, -0.2) is 51.2 Å². The second-order valence-electron chi connectivity index (χ2n) is 4.48. The van der Waals surface area contributed by atoms with Crippen LogP contribution in [0.1, 0.15) is 22.2 Å². The van der Waals surface area contributed by atoms with E-state index in [9.17, 15) is 9.18 Å². The Morgan fingerprint density at radius 1 is 1.52 bits per heavy atom. The third-order valence-corrected chi connectivity index (χ3v) is 3.45. The fourth-order valence-corrected chi connectivity index (χ4v) is 2.35. The van der Waals surface area contributed by atoms with E-state index < -0.39 is 17.8 Å². The van der Waals surface area contributed by atoms with Crippen LogP contribution in [0.25, 0.3) is 0 Å². The number of nitrogens with one attached hydrogen (secondary N) is 1. The first-order valence-corrected chi connectivity index (χ1v) is 6.61. The molecule has 21 heavy (non-hydrogen) atoms. The lowest BCUT2D eigenvalue weighted by Crippen LogP contribution is -2.44. The van der Waals surface area contributed by atoms with E-state index in [0.717, 1.165) is 6.07 Å². The van der Waals surface area contributed by atoms with Crippen LogP contribution in [-0.2, 0) is 4.74 Å². The highest BCUT2D eigenvalue weighted by molar-refractivity contribution is 6.30. The van der Waals surface area contributed by atoms with Crippen LogP contribution in [0.4, 0.5) is 4.39 Å². The highest BCUT2D eigenvalue weighted by Crippen LogP contribution is 2.24. The van der Waals surface area contributed by atoms with Crippen molar-refractivity contribution in [3.8, 4) is 0 Å². The van der Waals surface area contributed by atoms with Gasteiger partial charge in [-0.15, -0.1) is 10.2 Å². The average Bonchev–Trinajstić information content (AvgIpc) is 3.01. The van der Waals surface area contributed by atoms with Gasteiger partial charge in [-0.25, -0.2) is 4.39 Å². The molecular formula is C12H11ClFN5O2. The van der Waals surface area contributed by atoms with Crippen LogP contribution in [0.2, 0.25) is 5.02 Å². The van der Waals surface area contributed by atoms with Crippen molar-refractivity contribution in [3.05, 3.63) is 40.4 Å². The molecule has 1 aliphatic heterocycles. The zero-order chi connectivity index (χ0) is 14.8. The van der Waals surface area contributed by atoms with Crippen molar-refractivity contribution >= 4 is 17.5 Å². The largest absolute Gasteiger partial charge is 0.377 e. The van der Waals surface area contributed by atoms with Crippen LogP contribution in [0, 0.1) is 5.82 Å². The second-order valence-corrected chi connectivity index (χ2v) is 4.92. The summed E-state index contributed by atoms with van der Waals surface area (Å²) in [7, 11) is 0. The first kappa shape index (κ1) is 13.9. The summed E-state index contributed by atoms with van der Waals surface area (Å²) in [5.74, 6) is -0.787. The molecule has 0 saturated carbocycles. The number of carbonyl (C=O) groups is 1. The Morgan fingerprint density at radius 3 is 3.10 bits per heavy atom. The summed E-state index contributed by atoms with van der Waals surface area (Å²) in [6.07, 6.45) is 0. The Balaban J connectivity index is 1.91. The molecule has 1 amide bonds. The molecule has 0 bridgehead atoms. The fourth-order valence-electron chi connectivity index (χ4n) is 2.19. The summed E-state index contributed by atoms with van der Waals surface area (Å²) in [6, 6.07) is 3.45. The predicted molar refractivity (Wildman–Crippen MR) is 70.2 cm³/mol. The molecule has 1 atom stereocenters. The number of H-pyrrole nitrogens is 1.